The summed E-state index contributed by atoms with van der Waals surface area (Å²) in [4.78, 5) is 8.49. The van der Waals surface area contributed by atoms with E-state index in [0.717, 1.165) is 22.7 Å². The second-order valence-electron chi connectivity index (χ2n) is 6.05. The van der Waals surface area contributed by atoms with Crippen LogP contribution in [-0.2, 0) is 0 Å². The third-order valence-electron chi connectivity index (χ3n) is 4.04. The molecule has 2 heterocycles. The number of rotatable bonds is 4. The van der Waals surface area contributed by atoms with Crippen molar-refractivity contribution in [3.05, 3.63) is 84.4 Å². The number of aryl methyl sites for hydroxylation is 2. The van der Waals surface area contributed by atoms with Crippen LogP contribution in [0.3, 0.4) is 0 Å². The molecule has 0 saturated carbocycles. The molecule has 4 rings (SSSR count). The quantitative estimate of drug-likeness (QED) is 0.537. The number of nitrogens with zero attached hydrogens (tertiary/aromatic N) is 4. The van der Waals surface area contributed by atoms with E-state index in [1.807, 2.05) is 62.4 Å². The van der Waals surface area contributed by atoms with Crippen molar-refractivity contribution in [2.24, 2.45) is 0 Å². The molecule has 0 unspecified atom stereocenters. The van der Waals surface area contributed by atoms with Crippen molar-refractivity contribution in [1.82, 2.24) is 19.7 Å². The molecule has 0 aliphatic heterocycles. The summed E-state index contributed by atoms with van der Waals surface area (Å²) in [5, 5.41) is 4.44. The van der Waals surface area contributed by atoms with Crippen LogP contribution in [0.25, 0.3) is 16.9 Å². The summed E-state index contributed by atoms with van der Waals surface area (Å²) in [6.07, 6.45) is 1.49. The lowest BCUT2D eigenvalue weighted by molar-refractivity contribution is 0.460. The molecule has 128 valence electrons. The van der Waals surface area contributed by atoms with Crippen molar-refractivity contribution in [3.63, 3.8) is 0 Å². The molecule has 2 aromatic heterocycles. The first-order valence-corrected chi connectivity index (χ1v) is 8.38. The highest BCUT2D eigenvalue weighted by Gasteiger charge is 2.08. The molecule has 0 fully saturated rings. The third kappa shape index (κ3) is 3.32. The smallest absolute Gasteiger partial charge is 0.224 e. The Morgan fingerprint density at radius 3 is 2.23 bits per heavy atom. The van der Waals surface area contributed by atoms with Gasteiger partial charge in [0.2, 0.25) is 5.88 Å². The van der Waals surface area contributed by atoms with Gasteiger partial charge in [-0.25, -0.2) is 14.6 Å². The fraction of sp³-hybridized carbons (Fsp3) is 0.0952. The molecule has 5 nitrogen and oxygen atoms in total. The molecule has 0 aliphatic rings. The minimum atomic E-state index is 0.481. The minimum absolute atomic E-state index is 0.481. The number of benzene rings is 2. The fourth-order valence-electron chi connectivity index (χ4n) is 2.83. The maximum Gasteiger partial charge on any atom is 0.224 e. The predicted octanol–water partition coefficient (Wildman–Crippen LogP) is 4.74. The lowest BCUT2D eigenvalue weighted by Crippen LogP contribution is -2.03. The topological polar surface area (TPSA) is 52.8 Å². The molecule has 0 radical (unpaired) electrons. The van der Waals surface area contributed by atoms with E-state index >= 15 is 0 Å². The average Bonchev–Trinajstić information content (AvgIpc) is 3.01. The second kappa shape index (κ2) is 6.80. The molecule has 0 atom stereocenters. The standard InChI is InChI=1S/C21H18N4O/c1-15-12-16(2)25(24-15)20-13-21(23-14-22-20)26-19-10-8-18(9-11-19)17-6-4-3-5-7-17/h3-14H,1-2H3. The molecule has 0 aliphatic carbocycles. The van der Waals surface area contributed by atoms with Gasteiger partial charge >= 0.3 is 0 Å². The molecule has 0 spiro atoms. The molecule has 0 N–H and O–H groups in total. The van der Waals surface area contributed by atoms with E-state index in [-0.39, 0.29) is 0 Å². The number of ether oxygens (including phenoxy) is 1. The van der Waals surface area contributed by atoms with Gasteiger partial charge < -0.3 is 4.74 Å². The van der Waals surface area contributed by atoms with Crippen molar-refractivity contribution in [1.29, 1.82) is 0 Å². The Morgan fingerprint density at radius 1 is 0.808 bits per heavy atom. The van der Waals surface area contributed by atoms with E-state index in [2.05, 4.69) is 27.2 Å². The van der Waals surface area contributed by atoms with Crippen LogP contribution < -0.4 is 4.74 Å². The van der Waals surface area contributed by atoms with Gasteiger partial charge in [0.25, 0.3) is 0 Å². The Hall–Kier alpha value is -3.47. The van der Waals surface area contributed by atoms with Gasteiger partial charge in [0, 0.05) is 11.8 Å². The molecule has 0 amide bonds. The highest BCUT2D eigenvalue weighted by Crippen LogP contribution is 2.25. The van der Waals surface area contributed by atoms with Crippen LogP contribution in [0.2, 0.25) is 0 Å². The lowest BCUT2D eigenvalue weighted by Gasteiger charge is -2.08. The normalized spacial score (nSPS) is 10.7. The van der Waals surface area contributed by atoms with Gasteiger partial charge in [0.05, 0.1) is 5.69 Å². The summed E-state index contributed by atoms with van der Waals surface area (Å²) in [6.45, 7) is 3.95. The van der Waals surface area contributed by atoms with Gasteiger partial charge in [0.15, 0.2) is 5.82 Å². The van der Waals surface area contributed by atoms with Gasteiger partial charge in [-0.2, -0.15) is 5.10 Å². The Kier molecular flexibility index (Phi) is 4.19. The van der Waals surface area contributed by atoms with E-state index < -0.39 is 0 Å². The molecule has 4 aromatic rings. The molecule has 5 heteroatoms. The first-order valence-electron chi connectivity index (χ1n) is 8.38. The van der Waals surface area contributed by atoms with Crippen molar-refractivity contribution >= 4 is 0 Å². The summed E-state index contributed by atoms with van der Waals surface area (Å²) < 4.78 is 7.67. The molecule has 0 saturated heterocycles. The van der Waals surface area contributed by atoms with Gasteiger partial charge in [-0.3, -0.25) is 0 Å². The molecular weight excluding hydrogens is 324 g/mol. The Morgan fingerprint density at radius 2 is 1.54 bits per heavy atom. The Bertz CT molecular complexity index is 1020. The Balaban J connectivity index is 1.56. The molecule has 0 bridgehead atoms. The van der Waals surface area contributed by atoms with Crippen LogP contribution in [-0.4, -0.2) is 19.7 Å². The highest BCUT2D eigenvalue weighted by atomic mass is 16.5. The molecular formula is C21H18N4O. The average molecular weight is 342 g/mol. The molecule has 26 heavy (non-hydrogen) atoms. The summed E-state index contributed by atoms with van der Waals surface area (Å²) in [5.74, 6) is 1.89. The van der Waals surface area contributed by atoms with Crippen LogP contribution in [0.15, 0.2) is 73.1 Å². The summed E-state index contributed by atoms with van der Waals surface area (Å²) in [7, 11) is 0. The largest absolute Gasteiger partial charge is 0.439 e. The van der Waals surface area contributed by atoms with Crippen molar-refractivity contribution < 1.29 is 4.74 Å². The summed E-state index contributed by atoms with van der Waals surface area (Å²) in [6, 6.07) is 22.0. The number of hydrogen-bond acceptors (Lipinski definition) is 4. The SMILES string of the molecule is Cc1cc(C)n(-c2cc(Oc3ccc(-c4ccccc4)cc3)ncn2)n1. The number of aromatic nitrogens is 4. The van der Waals surface area contributed by atoms with E-state index in [1.165, 1.54) is 11.9 Å². The third-order valence-corrected chi connectivity index (χ3v) is 4.04. The second-order valence-corrected chi connectivity index (χ2v) is 6.05. The monoisotopic (exact) mass is 342 g/mol. The van der Waals surface area contributed by atoms with Crippen molar-refractivity contribution in [2.45, 2.75) is 13.8 Å². The van der Waals surface area contributed by atoms with E-state index in [4.69, 9.17) is 4.74 Å². The maximum absolute atomic E-state index is 5.89. The number of hydrogen-bond donors (Lipinski definition) is 0. The zero-order chi connectivity index (χ0) is 17.9. The fourth-order valence-corrected chi connectivity index (χ4v) is 2.83. The predicted molar refractivity (Wildman–Crippen MR) is 101 cm³/mol. The van der Waals surface area contributed by atoms with Crippen LogP contribution in [0.4, 0.5) is 0 Å². The van der Waals surface area contributed by atoms with Crippen LogP contribution in [0, 0.1) is 13.8 Å². The zero-order valence-electron chi connectivity index (χ0n) is 14.6. The molecule has 2 aromatic carbocycles. The van der Waals surface area contributed by atoms with Gasteiger partial charge in [-0.05, 0) is 43.2 Å². The summed E-state index contributed by atoms with van der Waals surface area (Å²) in [5.41, 5.74) is 4.27. The van der Waals surface area contributed by atoms with Gasteiger partial charge in [-0.1, -0.05) is 42.5 Å². The first kappa shape index (κ1) is 16.0. The van der Waals surface area contributed by atoms with Crippen molar-refractivity contribution in [2.75, 3.05) is 0 Å². The Labute approximate surface area is 151 Å². The van der Waals surface area contributed by atoms with Gasteiger partial charge in [-0.15, -0.1) is 0 Å². The van der Waals surface area contributed by atoms with Crippen LogP contribution in [0.1, 0.15) is 11.4 Å². The maximum atomic E-state index is 5.89. The lowest BCUT2D eigenvalue weighted by atomic mass is 10.1. The summed E-state index contributed by atoms with van der Waals surface area (Å²) >= 11 is 0. The van der Waals surface area contributed by atoms with E-state index in [0.29, 0.717) is 11.7 Å². The van der Waals surface area contributed by atoms with E-state index in [1.54, 1.807) is 10.7 Å². The minimum Gasteiger partial charge on any atom is -0.439 e. The highest BCUT2D eigenvalue weighted by molar-refractivity contribution is 5.64. The first-order chi connectivity index (χ1) is 12.7. The zero-order valence-corrected chi connectivity index (χ0v) is 14.6. The van der Waals surface area contributed by atoms with E-state index in [9.17, 15) is 0 Å². The van der Waals surface area contributed by atoms with Crippen LogP contribution in [0.5, 0.6) is 11.6 Å². The van der Waals surface area contributed by atoms with Crippen molar-refractivity contribution in [3.8, 4) is 28.6 Å². The van der Waals surface area contributed by atoms with Gasteiger partial charge in [0.1, 0.15) is 12.1 Å². The van der Waals surface area contributed by atoms with Crippen LogP contribution >= 0.6 is 0 Å².